The summed E-state index contributed by atoms with van der Waals surface area (Å²) >= 11 is 0. The van der Waals surface area contributed by atoms with E-state index in [4.69, 9.17) is 20.7 Å². The highest BCUT2D eigenvalue weighted by Crippen LogP contribution is 2.34. The van der Waals surface area contributed by atoms with Crippen LogP contribution in [0.15, 0.2) is 30.6 Å². The molecular weight excluding hydrogens is 497 g/mol. The number of carbonyl (C=O) groups is 1. The number of para-hydroxylation sites is 1. The summed E-state index contributed by atoms with van der Waals surface area (Å²) < 4.78 is 16.2. The zero-order chi connectivity index (χ0) is 26.8. The largest absolute Gasteiger partial charge is 0.365 e. The molecule has 2 aromatic heterocycles. The average molecular weight is 536 g/mol. The van der Waals surface area contributed by atoms with Crippen LogP contribution in [0, 0.1) is 5.82 Å². The van der Waals surface area contributed by atoms with Gasteiger partial charge in [0.15, 0.2) is 17.0 Å². The molecule has 1 aliphatic heterocycles. The third-order valence-corrected chi connectivity index (χ3v) is 8.48. The number of benzene rings is 1. The number of likely N-dealkylation sites (tertiary alicyclic amines) is 1. The van der Waals surface area contributed by atoms with E-state index >= 15 is 0 Å². The van der Waals surface area contributed by atoms with E-state index in [1.807, 2.05) is 6.33 Å². The smallest absolute Gasteiger partial charge is 0.321 e. The van der Waals surface area contributed by atoms with E-state index in [0.29, 0.717) is 31.1 Å². The molecule has 5 N–H and O–H groups in total. The first-order valence-corrected chi connectivity index (χ1v) is 14.4. The lowest BCUT2D eigenvalue weighted by Crippen LogP contribution is -2.44. The molecule has 0 spiro atoms. The first-order valence-electron chi connectivity index (χ1n) is 14.4. The fourth-order valence-corrected chi connectivity index (χ4v) is 6.15. The number of carbonyl (C=O) groups excluding carboxylic acids is 1. The van der Waals surface area contributed by atoms with Crippen LogP contribution in [-0.2, 0) is 0 Å². The van der Waals surface area contributed by atoms with Crippen molar-refractivity contribution in [2.45, 2.75) is 88.4 Å². The molecule has 6 rings (SSSR count). The molecule has 2 amide bonds. The molecule has 2 saturated carbocycles. The summed E-state index contributed by atoms with van der Waals surface area (Å²) in [5.74, 6) is 0.931. The van der Waals surface area contributed by atoms with Crippen molar-refractivity contribution in [2.75, 3.05) is 29.0 Å². The number of amides is 2. The van der Waals surface area contributed by atoms with Gasteiger partial charge in [-0.1, -0.05) is 25.0 Å². The minimum Gasteiger partial charge on any atom is -0.365 e. The maximum absolute atomic E-state index is 14.0. The molecule has 39 heavy (non-hydrogen) atoms. The van der Waals surface area contributed by atoms with Gasteiger partial charge >= 0.3 is 6.03 Å². The predicted molar refractivity (Wildman–Crippen MR) is 150 cm³/mol. The molecule has 0 atom stereocenters. The second kappa shape index (κ2) is 11.3. The van der Waals surface area contributed by atoms with Gasteiger partial charge < -0.3 is 31.2 Å². The number of piperidine rings is 1. The number of fused-ring (bicyclic) bond motifs is 1. The van der Waals surface area contributed by atoms with Gasteiger partial charge in [0.05, 0.1) is 12.0 Å². The molecule has 2 aliphatic carbocycles. The van der Waals surface area contributed by atoms with E-state index in [2.05, 4.69) is 20.5 Å². The van der Waals surface area contributed by atoms with E-state index < -0.39 is 5.82 Å². The highest BCUT2D eigenvalue weighted by atomic mass is 19.1. The standard InChI is InChI=1S/C28H38FN9O/c29-22-7-3-4-8-23(22)34-28(39)37-15-13-20(14-16-37)32-25-24-26(38(17-31-24)21-5-1-2-6-21)36-27(35-25)33-19-11-9-18(30)10-12-19/h3-4,7-8,17-21H,1-2,5-6,9-16,30H2,(H,34,39)(H2,32,33,35,36). The number of nitrogens with two attached hydrogens (primary N) is 1. The molecule has 3 heterocycles. The zero-order valence-corrected chi connectivity index (χ0v) is 22.3. The minimum absolute atomic E-state index is 0.137. The van der Waals surface area contributed by atoms with Gasteiger partial charge in [-0.3, -0.25) is 0 Å². The maximum atomic E-state index is 14.0. The second-order valence-electron chi connectivity index (χ2n) is 11.2. The SMILES string of the molecule is NC1CCC(Nc2nc(NC3CCN(C(=O)Nc4ccccc4F)CC3)c3ncn(C4CCCC4)c3n2)CC1. The molecule has 208 valence electrons. The van der Waals surface area contributed by atoms with Gasteiger partial charge in [0, 0.05) is 37.3 Å². The Labute approximate surface area is 228 Å². The molecular formula is C28H38FN9O. The maximum Gasteiger partial charge on any atom is 0.321 e. The number of aromatic nitrogens is 4. The quantitative estimate of drug-likeness (QED) is 0.355. The van der Waals surface area contributed by atoms with Crippen LogP contribution >= 0.6 is 0 Å². The predicted octanol–water partition coefficient (Wildman–Crippen LogP) is 4.87. The van der Waals surface area contributed by atoms with Gasteiger partial charge in [-0.25, -0.2) is 14.2 Å². The fraction of sp³-hybridized carbons (Fsp3) is 0.571. The number of hydrogen-bond donors (Lipinski definition) is 4. The number of halogens is 1. The highest BCUT2D eigenvalue weighted by molar-refractivity contribution is 5.89. The summed E-state index contributed by atoms with van der Waals surface area (Å²) in [7, 11) is 0. The Morgan fingerprint density at radius 3 is 2.38 bits per heavy atom. The second-order valence-corrected chi connectivity index (χ2v) is 11.2. The molecule has 1 saturated heterocycles. The van der Waals surface area contributed by atoms with Crippen LogP contribution in [-0.4, -0.2) is 61.7 Å². The lowest BCUT2D eigenvalue weighted by atomic mass is 9.92. The van der Waals surface area contributed by atoms with Crippen LogP contribution in [0.2, 0.25) is 0 Å². The summed E-state index contributed by atoms with van der Waals surface area (Å²) in [6.45, 7) is 1.13. The van der Waals surface area contributed by atoms with Crippen molar-refractivity contribution in [3.63, 3.8) is 0 Å². The molecule has 0 radical (unpaired) electrons. The van der Waals surface area contributed by atoms with Gasteiger partial charge in [0.25, 0.3) is 0 Å². The van der Waals surface area contributed by atoms with E-state index in [0.717, 1.165) is 68.3 Å². The van der Waals surface area contributed by atoms with E-state index in [-0.39, 0.29) is 23.8 Å². The average Bonchev–Trinajstić information content (AvgIpc) is 3.62. The molecule has 11 heteroatoms. The van der Waals surface area contributed by atoms with Crippen molar-refractivity contribution in [3.8, 4) is 0 Å². The van der Waals surface area contributed by atoms with Crippen molar-refractivity contribution >= 4 is 34.6 Å². The number of imidazole rings is 1. The molecule has 0 bridgehead atoms. The summed E-state index contributed by atoms with van der Waals surface area (Å²) in [5, 5.41) is 9.89. The Kier molecular flexibility index (Phi) is 7.49. The Morgan fingerprint density at radius 2 is 1.64 bits per heavy atom. The number of urea groups is 1. The topological polar surface area (TPSA) is 126 Å². The number of hydrogen-bond acceptors (Lipinski definition) is 7. The molecule has 1 aromatic carbocycles. The molecule has 10 nitrogen and oxygen atoms in total. The van der Waals surface area contributed by atoms with Crippen LogP contribution in [0.25, 0.3) is 11.2 Å². The fourth-order valence-electron chi connectivity index (χ4n) is 6.15. The normalized spacial score (nSPS) is 22.8. The Morgan fingerprint density at radius 1 is 0.923 bits per heavy atom. The molecule has 3 aliphatic rings. The van der Waals surface area contributed by atoms with Gasteiger partial charge in [0.2, 0.25) is 5.95 Å². The van der Waals surface area contributed by atoms with Crippen molar-refractivity contribution in [1.29, 1.82) is 0 Å². The first-order chi connectivity index (χ1) is 19.0. The number of nitrogens with one attached hydrogen (secondary N) is 3. The van der Waals surface area contributed by atoms with Gasteiger partial charge in [-0.2, -0.15) is 9.97 Å². The Hall–Kier alpha value is -3.47. The van der Waals surface area contributed by atoms with E-state index in [1.54, 1.807) is 23.1 Å². The van der Waals surface area contributed by atoms with E-state index in [9.17, 15) is 9.18 Å². The van der Waals surface area contributed by atoms with Gasteiger partial charge in [0.1, 0.15) is 5.82 Å². The van der Waals surface area contributed by atoms with Crippen LogP contribution < -0.4 is 21.7 Å². The van der Waals surface area contributed by atoms with Crippen molar-refractivity contribution in [1.82, 2.24) is 24.4 Å². The zero-order valence-electron chi connectivity index (χ0n) is 22.3. The number of rotatable bonds is 6. The molecule has 0 unspecified atom stereocenters. The van der Waals surface area contributed by atoms with E-state index in [1.165, 1.54) is 18.9 Å². The van der Waals surface area contributed by atoms with Crippen molar-refractivity contribution in [2.24, 2.45) is 5.73 Å². The number of anilines is 3. The third kappa shape index (κ3) is 5.78. The summed E-state index contributed by atoms with van der Waals surface area (Å²) in [6, 6.07) is 7.10. The van der Waals surface area contributed by atoms with Gasteiger partial charge in [-0.05, 0) is 63.5 Å². The molecule has 3 aromatic rings. The van der Waals surface area contributed by atoms with Crippen LogP contribution in [0.5, 0.6) is 0 Å². The van der Waals surface area contributed by atoms with Crippen LogP contribution in [0.3, 0.4) is 0 Å². The molecule has 3 fully saturated rings. The lowest BCUT2D eigenvalue weighted by molar-refractivity contribution is 0.197. The number of nitrogens with zero attached hydrogens (tertiary/aromatic N) is 5. The van der Waals surface area contributed by atoms with Crippen molar-refractivity contribution in [3.05, 3.63) is 36.4 Å². The summed E-state index contributed by atoms with van der Waals surface area (Å²) in [4.78, 5) is 29.0. The summed E-state index contributed by atoms with van der Waals surface area (Å²) in [5.41, 5.74) is 7.98. The lowest BCUT2D eigenvalue weighted by Gasteiger charge is -2.32. The first kappa shape index (κ1) is 25.8. The van der Waals surface area contributed by atoms with Crippen LogP contribution in [0.4, 0.5) is 26.6 Å². The van der Waals surface area contributed by atoms with Gasteiger partial charge in [-0.15, -0.1) is 0 Å². The van der Waals surface area contributed by atoms with Crippen LogP contribution in [0.1, 0.15) is 70.3 Å². The monoisotopic (exact) mass is 535 g/mol. The Bertz CT molecular complexity index is 1290. The minimum atomic E-state index is -0.437. The highest BCUT2D eigenvalue weighted by Gasteiger charge is 2.27. The third-order valence-electron chi connectivity index (χ3n) is 8.48. The van der Waals surface area contributed by atoms with Crippen molar-refractivity contribution < 1.29 is 9.18 Å². The Balaban J connectivity index is 1.16. The summed E-state index contributed by atoms with van der Waals surface area (Å²) in [6.07, 6.45) is 12.2.